The van der Waals surface area contributed by atoms with Crippen molar-refractivity contribution < 1.29 is 9.53 Å². The third kappa shape index (κ3) is 2.45. The van der Waals surface area contributed by atoms with E-state index in [9.17, 15) is 4.79 Å². The number of esters is 1. The Morgan fingerprint density at radius 1 is 1.06 bits per heavy atom. The molecule has 0 unspecified atom stereocenters. The van der Waals surface area contributed by atoms with Gasteiger partial charge in [0, 0.05) is 17.9 Å². The first-order valence-electron chi connectivity index (χ1n) is 5.92. The Labute approximate surface area is 107 Å². The number of carbonyl (C=O) groups excluding carboxylic acids is 1. The fourth-order valence-electron chi connectivity index (χ4n) is 2.00. The molecule has 1 aromatic heterocycles. The summed E-state index contributed by atoms with van der Waals surface area (Å²) in [5, 5.41) is 0. The van der Waals surface area contributed by atoms with Crippen LogP contribution in [-0.2, 0) is 11.3 Å². The lowest BCUT2D eigenvalue weighted by molar-refractivity contribution is 0.0600. The number of aromatic nitrogens is 1. The molecular formula is C15H17NO2. The van der Waals surface area contributed by atoms with Crippen LogP contribution in [-0.4, -0.2) is 17.6 Å². The van der Waals surface area contributed by atoms with Crippen LogP contribution in [0.2, 0.25) is 0 Å². The molecule has 0 saturated heterocycles. The van der Waals surface area contributed by atoms with E-state index in [-0.39, 0.29) is 5.97 Å². The Bertz CT molecular complexity index is 533. The van der Waals surface area contributed by atoms with E-state index in [0.29, 0.717) is 5.56 Å². The second-order valence-corrected chi connectivity index (χ2v) is 4.39. The van der Waals surface area contributed by atoms with Crippen LogP contribution in [0.15, 0.2) is 36.4 Å². The van der Waals surface area contributed by atoms with Gasteiger partial charge >= 0.3 is 5.97 Å². The molecule has 18 heavy (non-hydrogen) atoms. The van der Waals surface area contributed by atoms with Crippen LogP contribution in [0.3, 0.4) is 0 Å². The van der Waals surface area contributed by atoms with Gasteiger partial charge in [-0.1, -0.05) is 12.1 Å². The van der Waals surface area contributed by atoms with E-state index < -0.39 is 0 Å². The molecule has 2 aromatic rings. The molecule has 1 heterocycles. The molecule has 0 radical (unpaired) electrons. The smallest absolute Gasteiger partial charge is 0.337 e. The van der Waals surface area contributed by atoms with Crippen LogP contribution in [0, 0.1) is 13.8 Å². The van der Waals surface area contributed by atoms with Crippen molar-refractivity contribution in [1.29, 1.82) is 0 Å². The predicted octanol–water partition coefficient (Wildman–Crippen LogP) is 2.94. The highest BCUT2D eigenvalue weighted by atomic mass is 16.5. The Kier molecular flexibility index (Phi) is 3.51. The Morgan fingerprint density at radius 2 is 1.61 bits per heavy atom. The second kappa shape index (κ2) is 5.08. The summed E-state index contributed by atoms with van der Waals surface area (Å²) in [6.45, 7) is 5.01. The largest absolute Gasteiger partial charge is 0.465 e. The summed E-state index contributed by atoms with van der Waals surface area (Å²) in [4.78, 5) is 11.3. The van der Waals surface area contributed by atoms with Gasteiger partial charge in [0.1, 0.15) is 0 Å². The number of hydrogen-bond donors (Lipinski definition) is 0. The molecule has 3 heteroatoms. The Morgan fingerprint density at radius 3 is 2.11 bits per heavy atom. The SMILES string of the molecule is COC(=O)c1ccc(Cn2c(C)ccc2C)cc1. The molecule has 0 fully saturated rings. The summed E-state index contributed by atoms with van der Waals surface area (Å²) in [6, 6.07) is 11.7. The average Bonchev–Trinajstić information content (AvgIpc) is 2.70. The van der Waals surface area contributed by atoms with Crippen molar-refractivity contribution in [2.75, 3.05) is 7.11 Å². The monoisotopic (exact) mass is 243 g/mol. The summed E-state index contributed by atoms with van der Waals surface area (Å²) < 4.78 is 6.92. The molecule has 0 amide bonds. The molecule has 0 aliphatic carbocycles. The summed E-state index contributed by atoms with van der Waals surface area (Å²) in [6.07, 6.45) is 0. The molecule has 1 aromatic carbocycles. The van der Waals surface area contributed by atoms with Crippen molar-refractivity contribution in [1.82, 2.24) is 4.57 Å². The molecule has 94 valence electrons. The first kappa shape index (κ1) is 12.4. The molecule has 2 rings (SSSR count). The fraction of sp³-hybridized carbons (Fsp3) is 0.267. The maximum absolute atomic E-state index is 11.3. The lowest BCUT2D eigenvalue weighted by Crippen LogP contribution is -2.05. The summed E-state index contributed by atoms with van der Waals surface area (Å²) in [5.74, 6) is -0.296. The van der Waals surface area contributed by atoms with E-state index >= 15 is 0 Å². The topological polar surface area (TPSA) is 31.2 Å². The second-order valence-electron chi connectivity index (χ2n) is 4.39. The number of methoxy groups -OCH3 is 1. The van der Waals surface area contributed by atoms with Crippen molar-refractivity contribution in [2.24, 2.45) is 0 Å². The first-order valence-corrected chi connectivity index (χ1v) is 5.92. The molecule has 0 aliphatic rings. The summed E-state index contributed by atoms with van der Waals surface area (Å²) >= 11 is 0. The van der Waals surface area contributed by atoms with Crippen molar-refractivity contribution in [3.8, 4) is 0 Å². The van der Waals surface area contributed by atoms with Gasteiger partial charge in [0.25, 0.3) is 0 Å². The normalized spacial score (nSPS) is 10.4. The number of carbonyl (C=O) groups is 1. The number of nitrogens with zero attached hydrogens (tertiary/aromatic N) is 1. The number of benzene rings is 1. The van der Waals surface area contributed by atoms with Gasteiger partial charge in [0.15, 0.2) is 0 Å². The zero-order valence-electron chi connectivity index (χ0n) is 10.9. The quantitative estimate of drug-likeness (QED) is 0.776. The predicted molar refractivity (Wildman–Crippen MR) is 70.8 cm³/mol. The maximum Gasteiger partial charge on any atom is 0.337 e. The molecule has 0 spiro atoms. The molecule has 0 atom stereocenters. The number of aryl methyl sites for hydroxylation is 2. The van der Waals surface area contributed by atoms with Gasteiger partial charge in [-0.15, -0.1) is 0 Å². The van der Waals surface area contributed by atoms with Crippen molar-refractivity contribution >= 4 is 5.97 Å². The van der Waals surface area contributed by atoms with Crippen molar-refractivity contribution in [3.05, 3.63) is 58.9 Å². The highest BCUT2D eigenvalue weighted by molar-refractivity contribution is 5.89. The summed E-state index contributed by atoms with van der Waals surface area (Å²) in [5.41, 5.74) is 4.24. The van der Waals surface area contributed by atoms with E-state index in [1.54, 1.807) is 12.1 Å². The van der Waals surface area contributed by atoms with Gasteiger partial charge in [-0.2, -0.15) is 0 Å². The molecular weight excluding hydrogens is 226 g/mol. The van der Waals surface area contributed by atoms with Crippen LogP contribution in [0.25, 0.3) is 0 Å². The van der Waals surface area contributed by atoms with Crippen molar-refractivity contribution in [3.63, 3.8) is 0 Å². The minimum atomic E-state index is -0.296. The van der Waals surface area contributed by atoms with E-state index in [1.807, 2.05) is 12.1 Å². The third-order valence-corrected chi connectivity index (χ3v) is 3.13. The van der Waals surface area contributed by atoms with E-state index in [4.69, 9.17) is 0 Å². The van der Waals surface area contributed by atoms with Gasteiger partial charge in [-0.25, -0.2) is 4.79 Å². The van der Waals surface area contributed by atoms with Crippen molar-refractivity contribution in [2.45, 2.75) is 20.4 Å². The minimum absolute atomic E-state index is 0.296. The minimum Gasteiger partial charge on any atom is -0.465 e. The van der Waals surface area contributed by atoms with E-state index in [1.165, 1.54) is 24.1 Å². The average molecular weight is 243 g/mol. The molecule has 0 aliphatic heterocycles. The lowest BCUT2D eigenvalue weighted by Gasteiger charge is -2.09. The van der Waals surface area contributed by atoms with Crippen LogP contribution in [0.1, 0.15) is 27.3 Å². The number of ether oxygens (including phenoxy) is 1. The Balaban J connectivity index is 2.18. The van der Waals surface area contributed by atoms with Crippen LogP contribution in [0.5, 0.6) is 0 Å². The molecule has 3 nitrogen and oxygen atoms in total. The Hall–Kier alpha value is -2.03. The standard InChI is InChI=1S/C15H17NO2/c1-11-4-5-12(2)16(11)10-13-6-8-14(9-7-13)15(17)18-3/h4-9H,10H2,1-3H3. The van der Waals surface area contributed by atoms with Gasteiger partial charge in [0.05, 0.1) is 12.7 Å². The molecule has 0 saturated carbocycles. The van der Waals surface area contributed by atoms with Crippen LogP contribution in [0.4, 0.5) is 0 Å². The van der Waals surface area contributed by atoms with E-state index in [2.05, 4.69) is 35.3 Å². The summed E-state index contributed by atoms with van der Waals surface area (Å²) in [7, 11) is 1.39. The first-order chi connectivity index (χ1) is 8.61. The van der Waals surface area contributed by atoms with Crippen LogP contribution < -0.4 is 0 Å². The van der Waals surface area contributed by atoms with Gasteiger partial charge in [-0.3, -0.25) is 0 Å². The fourth-order valence-corrected chi connectivity index (χ4v) is 2.00. The lowest BCUT2D eigenvalue weighted by atomic mass is 10.1. The number of rotatable bonds is 3. The van der Waals surface area contributed by atoms with Gasteiger partial charge in [-0.05, 0) is 43.7 Å². The highest BCUT2D eigenvalue weighted by Gasteiger charge is 2.06. The third-order valence-electron chi connectivity index (χ3n) is 3.13. The highest BCUT2D eigenvalue weighted by Crippen LogP contribution is 2.12. The van der Waals surface area contributed by atoms with Crippen LogP contribution >= 0.6 is 0 Å². The maximum atomic E-state index is 11.3. The van der Waals surface area contributed by atoms with Gasteiger partial charge in [0.2, 0.25) is 0 Å². The zero-order chi connectivity index (χ0) is 13.1. The van der Waals surface area contributed by atoms with Gasteiger partial charge < -0.3 is 9.30 Å². The molecule has 0 N–H and O–H groups in total. The number of hydrogen-bond acceptors (Lipinski definition) is 2. The van der Waals surface area contributed by atoms with E-state index in [0.717, 1.165) is 6.54 Å². The zero-order valence-corrected chi connectivity index (χ0v) is 10.9. The molecule has 0 bridgehead atoms.